The lowest BCUT2D eigenvalue weighted by molar-refractivity contribution is -0.167. The Morgan fingerprint density at radius 3 is 0.967 bits per heavy atom. The minimum Gasteiger partial charge on any atom is -0.462 e. The summed E-state index contributed by atoms with van der Waals surface area (Å²) in [5.74, 6) is -0.887. The normalized spacial score (nSPS) is 12.2. The van der Waals surface area contributed by atoms with Gasteiger partial charge in [0.2, 0.25) is 0 Å². The van der Waals surface area contributed by atoms with Gasteiger partial charge in [-0.15, -0.1) is 0 Å². The van der Waals surface area contributed by atoms with Gasteiger partial charge in [0.15, 0.2) is 6.10 Å². The molecular weight excluding hydrogens is 745 g/mol. The molecule has 0 unspecified atom stereocenters. The molecule has 6 nitrogen and oxygen atoms in total. The summed E-state index contributed by atoms with van der Waals surface area (Å²) in [7, 11) is 0. The first kappa shape index (κ1) is 57.6. The third kappa shape index (κ3) is 46.7. The molecule has 60 heavy (non-hydrogen) atoms. The van der Waals surface area contributed by atoms with Crippen LogP contribution in [-0.2, 0) is 28.6 Å². The second-order valence-corrected chi connectivity index (χ2v) is 17.4. The second kappa shape index (κ2) is 49.3. The largest absolute Gasteiger partial charge is 0.462 e. The van der Waals surface area contributed by atoms with Gasteiger partial charge in [-0.1, -0.05) is 231 Å². The molecule has 0 aromatic rings. The van der Waals surface area contributed by atoms with Crippen LogP contribution in [0.15, 0.2) is 36.5 Å². The first-order valence-electron chi connectivity index (χ1n) is 26.0. The van der Waals surface area contributed by atoms with Crippen molar-refractivity contribution in [3.8, 4) is 0 Å². The van der Waals surface area contributed by atoms with Crippen molar-refractivity contribution in [3.05, 3.63) is 36.5 Å². The number of ether oxygens (including phenoxy) is 3. The van der Waals surface area contributed by atoms with E-state index in [0.29, 0.717) is 19.3 Å². The van der Waals surface area contributed by atoms with E-state index in [2.05, 4.69) is 57.2 Å². The Labute approximate surface area is 372 Å². The summed E-state index contributed by atoms with van der Waals surface area (Å²) in [4.78, 5) is 37.9. The molecule has 0 radical (unpaired) electrons. The quantitative estimate of drug-likeness (QED) is 0.0263. The molecule has 0 aromatic heterocycles. The van der Waals surface area contributed by atoms with Gasteiger partial charge in [-0.2, -0.15) is 0 Å². The molecule has 6 heteroatoms. The van der Waals surface area contributed by atoms with Crippen molar-refractivity contribution in [2.45, 2.75) is 277 Å². The second-order valence-electron chi connectivity index (χ2n) is 17.4. The van der Waals surface area contributed by atoms with E-state index in [1.165, 1.54) is 148 Å². The lowest BCUT2D eigenvalue weighted by Gasteiger charge is -2.18. The lowest BCUT2D eigenvalue weighted by Crippen LogP contribution is -2.30. The Bertz CT molecular complexity index is 1020. The maximum atomic E-state index is 12.8. The van der Waals surface area contributed by atoms with E-state index in [4.69, 9.17) is 14.2 Å². The van der Waals surface area contributed by atoms with Crippen LogP contribution in [0.25, 0.3) is 0 Å². The standard InChI is InChI=1S/C54H98O6/c1-4-7-10-13-16-19-22-25-26-27-28-30-32-35-38-41-44-47-53(56)59-50-51(49-58-52(55)46-43-40-37-34-31-24-21-18-15-12-9-6-3)60-54(57)48-45-42-39-36-33-29-23-20-17-14-11-8-5-2/h16,19,25-26,28,30,51H,4-15,17-18,20-24,27,29,31-50H2,1-3H3/b19-16-,26-25-,30-28-/t51-/m1/s1. The summed E-state index contributed by atoms with van der Waals surface area (Å²) in [5.41, 5.74) is 0. The molecule has 0 fully saturated rings. The van der Waals surface area contributed by atoms with Gasteiger partial charge < -0.3 is 14.2 Å². The highest BCUT2D eigenvalue weighted by Crippen LogP contribution is 2.16. The number of hydrogen-bond acceptors (Lipinski definition) is 6. The molecule has 0 aliphatic rings. The van der Waals surface area contributed by atoms with Crippen molar-refractivity contribution < 1.29 is 28.6 Å². The number of hydrogen-bond donors (Lipinski definition) is 0. The van der Waals surface area contributed by atoms with Crippen molar-refractivity contribution in [1.82, 2.24) is 0 Å². The van der Waals surface area contributed by atoms with E-state index in [0.717, 1.165) is 83.5 Å². The van der Waals surface area contributed by atoms with Crippen LogP contribution in [0.3, 0.4) is 0 Å². The Kier molecular flexibility index (Phi) is 47.3. The fraction of sp³-hybridized carbons (Fsp3) is 0.833. The summed E-state index contributed by atoms with van der Waals surface area (Å²) >= 11 is 0. The van der Waals surface area contributed by atoms with Crippen LogP contribution < -0.4 is 0 Å². The molecule has 350 valence electrons. The minimum absolute atomic E-state index is 0.0752. The zero-order chi connectivity index (χ0) is 43.7. The average molecular weight is 843 g/mol. The van der Waals surface area contributed by atoms with E-state index >= 15 is 0 Å². The molecule has 0 aliphatic heterocycles. The maximum absolute atomic E-state index is 12.8. The summed E-state index contributed by atoms with van der Waals surface area (Å²) < 4.78 is 16.8. The molecule has 0 amide bonds. The smallest absolute Gasteiger partial charge is 0.306 e. The Morgan fingerprint density at radius 2 is 0.600 bits per heavy atom. The van der Waals surface area contributed by atoms with Crippen molar-refractivity contribution in [2.24, 2.45) is 0 Å². The number of rotatable bonds is 47. The van der Waals surface area contributed by atoms with Crippen LogP contribution in [0.2, 0.25) is 0 Å². The molecule has 1 atom stereocenters. The van der Waals surface area contributed by atoms with E-state index in [-0.39, 0.29) is 31.1 Å². The van der Waals surface area contributed by atoms with E-state index < -0.39 is 6.10 Å². The highest BCUT2D eigenvalue weighted by Gasteiger charge is 2.19. The number of allylic oxidation sites excluding steroid dienone is 6. The van der Waals surface area contributed by atoms with Crippen molar-refractivity contribution in [2.75, 3.05) is 13.2 Å². The summed E-state index contributed by atoms with van der Waals surface area (Å²) in [6, 6.07) is 0. The highest BCUT2D eigenvalue weighted by molar-refractivity contribution is 5.71. The number of esters is 3. The molecule has 0 spiro atoms. The van der Waals surface area contributed by atoms with Gasteiger partial charge in [0.1, 0.15) is 13.2 Å². The fourth-order valence-corrected chi connectivity index (χ4v) is 7.45. The highest BCUT2D eigenvalue weighted by atomic mass is 16.6. The van der Waals surface area contributed by atoms with Gasteiger partial charge in [-0.3, -0.25) is 14.4 Å². The Hall–Kier alpha value is -2.37. The molecule has 0 heterocycles. The van der Waals surface area contributed by atoms with Crippen LogP contribution in [0.5, 0.6) is 0 Å². The van der Waals surface area contributed by atoms with Crippen LogP contribution in [0.4, 0.5) is 0 Å². The van der Waals surface area contributed by atoms with E-state index in [9.17, 15) is 14.4 Å². The first-order valence-corrected chi connectivity index (χ1v) is 26.0. The predicted molar refractivity (Wildman–Crippen MR) is 256 cm³/mol. The average Bonchev–Trinajstić information content (AvgIpc) is 3.24. The van der Waals surface area contributed by atoms with Gasteiger partial charge in [-0.05, 0) is 57.8 Å². The zero-order valence-electron chi connectivity index (χ0n) is 40.0. The van der Waals surface area contributed by atoms with Crippen LogP contribution in [-0.4, -0.2) is 37.2 Å². The fourth-order valence-electron chi connectivity index (χ4n) is 7.45. The zero-order valence-corrected chi connectivity index (χ0v) is 40.0. The molecule has 0 N–H and O–H groups in total. The van der Waals surface area contributed by atoms with Crippen molar-refractivity contribution in [1.29, 1.82) is 0 Å². The SMILES string of the molecule is CCCCC/C=C\C/C=C\C/C=C\CCCCCCC(=O)OC[C@@H](COC(=O)CCCCCCCCCCCCCC)OC(=O)CCCCCCCCCCCCCCC. The number of carbonyl (C=O) groups excluding carboxylic acids is 3. The predicted octanol–water partition coefficient (Wildman–Crippen LogP) is 16.9. The Balaban J connectivity index is 4.38. The summed E-state index contributed by atoms with van der Waals surface area (Å²) in [6.45, 7) is 6.61. The monoisotopic (exact) mass is 843 g/mol. The van der Waals surface area contributed by atoms with Gasteiger partial charge in [0.05, 0.1) is 0 Å². The van der Waals surface area contributed by atoms with Gasteiger partial charge >= 0.3 is 17.9 Å². The van der Waals surface area contributed by atoms with Gasteiger partial charge in [0, 0.05) is 19.3 Å². The molecule has 0 saturated carbocycles. The lowest BCUT2D eigenvalue weighted by atomic mass is 10.0. The third-order valence-corrected chi connectivity index (χ3v) is 11.4. The Morgan fingerprint density at radius 1 is 0.333 bits per heavy atom. The van der Waals surface area contributed by atoms with Crippen molar-refractivity contribution >= 4 is 17.9 Å². The van der Waals surface area contributed by atoms with Crippen LogP contribution >= 0.6 is 0 Å². The molecule has 0 rings (SSSR count). The van der Waals surface area contributed by atoms with Crippen LogP contribution in [0.1, 0.15) is 271 Å². The van der Waals surface area contributed by atoms with Crippen LogP contribution in [0, 0.1) is 0 Å². The molecule has 0 saturated heterocycles. The topological polar surface area (TPSA) is 78.9 Å². The van der Waals surface area contributed by atoms with E-state index in [1.807, 2.05) is 0 Å². The molecular formula is C54H98O6. The molecule has 0 aromatic carbocycles. The number of carbonyl (C=O) groups is 3. The maximum Gasteiger partial charge on any atom is 0.306 e. The van der Waals surface area contributed by atoms with E-state index in [1.54, 1.807) is 0 Å². The summed E-state index contributed by atoms with van der Waals surface area (Å²) in [6.07, 6.45) is 56.9. The molecule has 0 aliphatic carbocycles. The van der Waals surface area contributed by atoms with Gasteiger partial charge in [0.25, 0.3) is 0 Å². The summed E-state index contributed by atoms with van der Waals surface area (Å²) in [5, 5.41) is 0. The van der Waals surface area contributed by atoms with Gasteiger partial charge in [-0.25, -0.2) is 0 Å². The molecule has 0 bridgehead atoms. The first-order chi connectivity index (χ1) is 29.5. The van der Waals surface area contributed by atoms with Crippen molar-refractivity contribution in [3.63, 3.8) is 0 Å². The number of unbranched alkanes of at least 4 members (excludes halogenated alkanes) is 30. The minimum atomic E-state index is -0.775. The third-order valence-electron chi connectivity index (χ3n) is 11.4.